The lowest BCUT2D eigenvalue weighted by Gasteiger charge is -2.15. The maximum atomic E-state index is 9.87. The molecule has 1 rings (SSSR count). The summed E-state index contributed by atoms with van der Waals surface area (Å²) in [6.07, 6.45) is 0. The van der Waals surface area contributed by atoms with Crippen LogP contribution in [0.2, 0.25) is 0 Å². The van der Waals surface area contributed by atoms with Gasteiger partial charge >= 0.3 is 0 Å². The molecule has 80 valence electrons. The number of thiazole rings is 1. The highest BCUT2D eigenvalue weighted by Crippen LogP contribution is 2.29. The first-order valence-electron chi connectivity index (χ1n) is 4.64. The van der Waals surface area contributed by atoms with Crippen LogP contribution in [-0.2, 0) is 12.1 Å². The van der Waals surface area contributed by atoms with E-state index in [0.717, 1.165) is 22.1 Å². The van der Waals surface area contributed by atoms with Gasteiger partial charge in [-0.25, -0.2) is 4.98 Å². The minimum atomic E-state index is -0.772. The highest BCUT2D eigenvalue weighted by Gasteiger charge is 2.22. The Balaban J connectivity index is 2.94. The van der Waals surface area contributed by atoms with Gasteiger partial charge in [0.1, 0.15) is 5.01 Å². The smallest absolute Gasteiger partial charge is 0.107 e. The van der Waals surface area contributed by atoms with Gasteiger partial charge in [-0.2, -0.15) is 0 Å². The fraction of sp³-hybridized carbons (Fsp3) is 0.700. The third kappa shape index (κ3) is 2.77. The molecule has 0 fully saturated rings. The highest BCUT2D eigenvalue weighted by atomic mass is 32.1. The molecule has 0 saturated carbocycles. The van der Waals surface area contributed by atoms with Crippen molar-refractivity contribution in [2.24, 2.45) is 0 Å². The van der Waals surface area contributed by atoms with E-state index in [0.29, 0.717) is 0 Å². The van der Waals surface area contributed by atoms with Gasteiger partial charge in [-0.15, -0.1) is 11.3 Å². The standard InChI is InChI=1S/C10H18N2OS/c1-7-9(10(2,3)13)14-8(11-7)6-12(4)5/h13H,6H2,1-5H3. The first-order chi connectivity index (χ1) is 6.30. The van der Waals surface area contributed by atoms with E-state index < -0.39 is 5.60 Å². The van der Waals surface area contributed by atoms with E-state index in [2.05, 4.69) is 9.88 Å². The molecule has 1 aromatic rings. The van der Waals surface area contributed by atoms with Crippen molar-refractivity contribution in [3.63, 3.8) is 0 Å². The summed E-state index contributed by atoms with van der Waals surface area (Å²) in [7, 11) is 4.03. The predicted octanol–water partition coefficient (Wildman–Crippen LogP) is 1.74. The zero-order valence-corrected chi connectivity index (χ0v) is 10.3. The molecule has 1 heterocycles. The van der Waals surface area contributed by atoms with Crippen LogP contribution in [0, 0.1) is 6.92 Å². The van der Waals surface area contributed by atoms with Crippen molar-refractivity contribution in [2.75, 3.05) is 14.1 Å². The average Bonchev–Trinajstić information content (AvgIpc) is 2.27. The summed E-state index contributed by atoms with van der Waals surface area (Å²) in [4.78, 5) is 7.48. The van der Waals surface area contributed by atoms with Crippen molar-refractivity contribution in [3.8, 4) is 0 Å². The van der Waals surface area contributed by atoms with Crippen molar-refractivity contribution in [2.45, 2.75) is 32.9 Å². The maximum absolute atomic E-state index is 9.87. The largest absolute Gasteiger partial charge is 0.385 e. The van der Waals surface area contributed by atoms with Crippen molar-refractivity contribution >= 4 is 11.3 Å². The maximum Gasteiger partial charge on any atom is 0.107 e. The molecule has 0 aromatic carbocycles. The molecule has 0 saturated heterocycles. The van der Waals surface area contributed by atoms with Gasteiger partial charge in [0, 0.05) is 6.54 Å². The zero-order valence-electron chi connectivity index (χ0n) is 9.46. The predicted molar refractivity (Wildman–Crippen MR) is 59.5 cm³/mol. The molecule has 14 heavy (non-hydrogen) atoms. The van der Waals surface area contributed by atoms with Crippen LogP contribution in [0.4, 0.5) is 0 Å². The molecule has 0 aliphatic heterocycles. The Labute approximate surface area is 89.4 Å². The van der Waals surface area contributed by atoms with E-state index in [1.54, 1.807) is 25.2 Å². The number of aromatic nitrogens is 1. The lowest BCUT2D eigenvalue weighted by molar-refractivity contribution is 0.0817. The minimum Gasteiger partial charge on any atom is -0.385 e. The number of hydrogen-bond donors (Lipinski definition) is 1. The van der Waals surface area contributed by atoms with Gasteiger partial charge in [0.25, 0.3) is 0 Å². The van der Waals surface area contributed by atoms with Gasteiger partial charge in [-0.1, -0.05) is 0 Å². The Morgan fingerprint density at radius 2 is 2.00 bits per heavy atom. The molecule has 0 amide bonds. The summed E-state index contributed by atoms with van der Waals surface area (Å²) in [5.41, 5.74) is 0.172. The topological polar surface area (TPSA) is 36.4 Å². The molecule has 0 atom stereocenters. The molecule has 3 nitrogen and oxygen atoms in total. The Hall–Kier alpha value is -0.450. The third-order valence-corrected chi connectivity index (χ3v) is 3.30. The van der Waals surface area contributed by atoms with Crippen LogP contribution in [0.1, 0.15) is 29.4 Å². The monoisotopic (exact) mass is 214 g/mol. The zero-order chi connectivity index (χ0) is 10.9. The lowest BCUT2D eigenvalue weighted by Crippen LogP contribution is -2.14. The average molecular weight is 214 g/mol. The number of aryl methyl sites for hydroxylation is 1. The molecule has 0 radical (unpaired) electrons. The van der Waals surface area contributed by atoms with Gasteiger partial charge in [0.15, 0.2) is 0 Å². The molecular weight excluding hydrogens is 196 g/mol. The second kappa shape index (κ2) is 3.96. The Bertz CT molecular complexity index is 312. The normalized spacial score (nSPS) is 12.5. The summed E-state index contributed by atoms with van der Waals surface area (Å²) in [6.45, 7) is 6.38. The molecule has 4 heteroatoms. The van der Waals surface area contributed by atoms with E-state index in [1.165, 1.54) is 0 Å². The number of aliphatic hydroxyl groups is 1. The minimum absolute atomic E-state index is 0.772. The second-order valence-corrected chi connectivity index (χ2v) is 5.40. The third-order valence-electron chi connectivity index (χ3n) is 1.85. The lowest BCUT2D eigenvalue weighted by atomic mass is 10.1. The van der Waals surface area contributed by atoms with Crippen LogP contribution in [0.5, 0.6) is 0 Å². The highest BCUT2D eigenvalue weighted by molar-refractivity contribution is 7.11. The fourth-order valence-electron chi connectivity index (χ4n) is 1.36. The fourth-order valence-corrected chi connectivity index (χ4v) is 2.54. The van der Waals surface area contributed by atoms with E-state index in [1.807, 2.05) is 21.0 Å². The van der Waals surface area contributed by atoms with Crippen molar-refractivity contribution in [3.05, 3.63) is 15.6 Å². The summed E-state index contributed by atoms with van der Waals surface area (Å²) >= 11 is 1.59. The van der Waals surface area contributed by atoms with Crippen molar-refractivity contribution < 1.29 is 5.11 Å². The molecule has 0 spiro atoms. The summed E-state index contributed by atoms with van der Waals surface area (Å²) in [6, 6.07) is 0. The Morgan fingerprint density at radius 1 is 1.43 bits per heavy atom. The quantitative estimate of drug-likeness (QED) is 0.832. The molecule has 0 aliphatic rings. The van der Waals surface area contributed by atoms with Crippen LogP contribution in [0.3, 0.4) is 0 Å². The van der Waals surface area contributed by atoms with E-state index in [9.17, 15) is 5.11 Å². The van der Waals surface area contributed by atoms with Gasteiger partial charge in [-0.3, -0.25) is 0 Å². The molecular formula is C10H18N2OS. The van der Waals surface area contributed by atoms with E-state index >= 15 is 0 Å². The number of hydrogen-bond acceptors (Lipinski definition) is 4. The van der Waals surface area contributed by atoms with Gasteiger partial charge in [0.05, 0.1) is 16.2 Å². The van der Waals surface area contributed by atoms with Crippen LogP contribution in [0.15, 0.2) is 0 Å². The van der Waals surface area contributed by atoms with Gasteiger partial charge in [0.2, 0.25) is 0 Å². The molecule has 0 unspecified atom stereocenters. The van der Waals surface area contributed by atoms with Crippen LogP contribution >= 0.6 is 11.3 Å². The Morgan fingerprint density at radius 3 is 2.36 bits per heavy atom. The summed E-state index contributed by atoms with van der Waals surface area (Å²) in [5.74, 6) is 0. The second-order valence-electron chi connectivity index (χ2n) is 4.32. The van der Waals surface area contributed by atoms with E-state index in [-0.39, 0.29) is 0 Å². The van der Waals surface area contributed by atoms with Crippen molar-refractivity contribution in [1.29, 1.82) is 0 Å². The Kier molecular flexibility index (Phi) is 3.29. The molecule has 1 N–H and O–H groups in total. The first-order valence-corrected chi connectivity index (χ1v) is 5.46. The summed E-state index contributed by atoms with van der Waals surface area (Å²) < 4.78 is 0. The van der Waals surface area contributed by atoms with Gasteiger partial charge in [-0.05, 0) is 34.9 Å². The summed E-state index contributed by atoms with van der Waals surface area (Å²) in [5, 5.41) is 10.9. The van der Waals surface area contributed by atoms with E-state index in [4.69, 9.17) is 0 Å². The SMILES string of the molecule is Cc1nc(CN(C)C)sc1C(C)(C)O. The van der Waals surface area contributed by atoms with Gasteiger partial charge < -0.3 is 10.0 Å². The molecule has 0 bridgehead atoms. The molecule has 1 aromatic heterocycles. The number of rotatable bonds is 3. The molecule has 0 aliphatic carbocycles. The van der Waals surface area contributed by atoms with Crippen LogP contribution in [-0.4, -0.2) is 29.1 Å². The van der Waals surface area contributed by atoms with Crippen LogP contribution in [0.25, 0.3) is 0 Å². The number of nitrogens with zero attached hydrogens (tertiary/aromatic N) is 2. The van der Waals surface area contributed by atoms with Crippen molar-refractivity contribution in [1.82, 2.24) is 9.88 Å². The first kappa shape index (κ1) is 11.6. The van der Waals surface area contributed by atoms with Crippen LogP contribution < -0.4 is 0 Å².